The maximum Gasteiger partial charge on any atom is 0.319 e. The Morgan fingerprint density at radius 1 is 1.42 bits per heavy atom. The molecule has 1 aromatic heterocycles. The van der Waals surface area contributed by atoms with Gasteiger partial charge in [-0.15, -0.1) is 11.3 Å². The lowest BCUT2D eigenvalue weighted by Crippen LogP contribution is -2.36. The minimum Gasteiger partial charge on any atom is -0.378 e. The summed E-state index contributed by atoms with van der Waals surface area (Å²) in [7, 11) is 0. The van der Waals surface area contributed by atoms with E-state index in [1.54, 1.807) is 17.5 Å². The number of hydrogen-bond donors (Lipinski definition) is 2. The van der Waals surface area contributed by atoms with E-state index in [2.05, 4.69) is 33.5 Å². The summed E-state index contributed by atoms with van der Waals surface area (Å²) in [5.41, 5.74) is 1.89. The highest BCUT2D eigenvalue weighted by molar-refractivity contribution is 7.09. The van der Waals surface area contributed by atoms with Crippen LogP contribution in [-0.4, -0.2) is 43.9 Å². The number of amides is 2. The van der Waals surface area contributed by atoms with E-state index in [0.29, 0.717) is 6.54 Å². The largest absolute Gasteiger partial charge is 0.378 e. The fraction of sp³-hybridized carbons (Fsp3) is 0.412. The van der Waals surface area contributed by atoms with Crippen LogP contribution < -0.4 is 15.5 Å². The van der Waals surface area contributed by atoms with Gasteiger partial charge in [-0.05, 0) is 18.2 Å². The molecule has 128 valence electrons. The van der Waals surface area contributed by atoms with Crippen LogP contribution in [0.15, 0.2) is 35.8 Å². The number of aromatic nitrogens is 1. The van der Waals surface area contributed by atoms with Gasteiger partial charge < -0.3 is 20.3 Å². The Bertz CT molecular complexity index is 656. The molecule has 1 atom stereocenters. The van der Waals surface area contributed by atoms with Crippen LogP contribution in [0.3, 0.4) is 0 Å². The van der Waals surface area contributed by atoms with Crippen molar-refractivity contribution in [3.8, 4) is 0 Å². The number of carbonyl (C=O) groups is 1. The molecule has 0 saturated carbocycles. The Kier molecular flexibility index (Phi) is 5.66. The predicted molar refractivity (Wildman–Crippen MR) is 97.0 cm³/mol. The standard InChI is InChI=1S/C17H22N4O2S/c1-13(16-18-5-10-24-16)12-19-17(22)20-14-3-2-4-15(11-14)21-6-8-23-9-7-21/h2-5,10-11,13H,6-9,12H2,1H3,(H2,19,20,22)/t13-/m1/s1. The number of nitrogens with zero attached hydrogens (tertiary/aromatic N) is 2. The van der Waals surface area contributed by atoms with Gasteiger partial charge in [0.25, 0.3) is 0 Å². The lowest BCUT2D eigenvalue weighted by molar-refractivity contribution is 0.122. The zero-order valence-electron chi connectivity index (χ0n) is 13.7. The predicted octanol–water partition coefficient (Wildman–Crippen LogP) is 2.90. The smallest absolute Gasteiger partial charge is 0.319 e. The maximum atomic E-state index is 12.1. The Hall–Kier alpha value is -2.12. The number of nitrogens with one attached hydrogen (secondary N) is 2. The Balaban J connectivity index is 1.52. The summed E-state index contributed by atoms with van der Waals surface area (Å²) in [5, 5.41) is 8.78. The Morgan fingerprint density at radius 3 is 3.00 bits per heavy atom. The van der Waals surface area contributed by atoms with E-state index in [1.165, 1.54) is 0 Å². The van der Waals surface area contributed by atoms with Crippen molar-refractivity contribution in [1.29, 1.82) is 0 Å². The van der Waals surface area contributed by atoms with Gasteiger partial charge >= 0.3 is 6.03 Å². The first kappa shape index (κ1) is 16.7. The number of benzene rings is 1. The quantitative estimate of drug-likeness (QED) is 0.874. The molecule has 0 spiro atoms. The summed E-state index contributed by atoms with van der Waals surface area (Å²) in [6, 6.07) is 7.71. The fourth-order valence-corrected chi connectivity index (χ4v) is 3.29. The summed E-state index contributed by atoms with van der Waals surface area (Å²) >= 11 is 1.61. The lowest BCUT2D eigenvalue weighted by Gasteiger charge is -2.29. The number of rotatable bonds is 5. The van der Waals surface area contributed by atoms with Gasteiger partial charge in [-0.25, -0.2) is 9.78 Å². The first-order valence-electron chi connectivity index (χ1n) is 8.09. The molecule has 0 bridgehead atoms. The number of ether oxygens (including phenoxy) is 1. The molecule has 0 aliphatic carbocycles. The van der Waals surface area contributed by atoms with E-state index in [4.69, 9.17) is 4.74 Å². The number of morpholine rings is 1. The van der Waals surface area contributed by atoms with Gasteiger partial charge in [0.1, 0.15) is 0 Å². The Morgan fingerprint density at radius 2 is 2.25 bits per heavy atom. The molecule has 1 saturated heterocycles. The van der Waals surface area contributed by atoms with E-state index in [9.17, 15) is 4.79 Å². The third-order valence-electron chi connectivity index (χ3n) is 3.92. The zero-order valence-corrected chi connectivity index (χ0v) is 14.5. The molecule has 2 amide bonds. The minimum atomic E-state index is -0.197. The molecular weight excluding hydrogens is 324 g/mol. The van der Waals surface area contributed by atoms with Crippen LogP contribution in [0.25, 0.3) is 0 Å². The molecule has 2 heterocycles. The van der Waals surface area contributed by atoms with Crippen molar-refractivity contribution in [2.75, 3.05) is 43.1 Å². The molecule has 24 heavy (non-hydrogen) atoms. The third kappa shape index (κ3) is 4.46. The van der Waals surface area contributed by atoms with Gasteiger partial charge in [0, 0.05) is 48.5 Å². The summed E-state index contributed by atoms with van der Waals surface area (Å²) in [5.74, 6) is 0.204. The summed E-state index contributed by atoms with van der Waals surface area (Å²) in [6.07, 6.45) is 1.79. The molecule has 7 heteroatoms. The van der Waals surface area contributed by atoms with Crippen LogP contribution in [0.4, 0.5) is 16.2 Å². The Labute approximate surface area is 145 Å². The average molecular weight is 346 g/mol. The molecule has 1 aliphatic heterocycles. The van der Waals surface area contributed by atoms with Crippen LogP contribution in [0.1, 0.15) is 17.8 Å². The van der Waals surface area contributed by atoms with Crippen LogP contribution in [0.2, 0.25) is 0 Å². The van der Waals surface area contributed by atoms with Crippen molar-refractivity contribution in [3.05, 3.63) is 40.8 Å². The molecule has 6 nitrogen and oxygen atoms in total. The summed E-state index contributed by atoms with van der Waals surface area (Å²) in [6.45, 7) is 5.85. The number of carbonyl (C=O) groups excluding carboxylic acids is 1. The van der Waals surface area contributed by atoms with E-state index in [1.807, 2.05) is 23.6 Å². The van der Waals surface area contributed by atoms with Crippen molar-refractivity contribution in [1.82, 2.24) is 10.3 Å². The van der Waals surface area contributed by atoms with E-state index in [0.717, 1.165) is 42.7 Å². The highest BCUT2D eigenvalue weighted by Crippen LogP contribution is 2.20. The molecule has 2 aromatic rings. The summed E-state index contributed by atoms with van der Waals surface area (Å²) in [4.78, 5) is 18.6. The fourth-order valence-electron chi connectivity index (χ4n) is 2.59. The van der Waals surface area contributed by atoms with Gasteiger partial charge in [0.05, 0.1) is 18.2 Å². The van der Waals surface area contributed by atoms with Crippen molar-refractivity contribution >= 4 is 28.7 Å². The van der Waals surface area contributed by atoms with Gasteiger partial charge in [0.15, 0.2) is 0 Å². The second-order valence-corrected chi connectivity index (χ2v) is 6.68. The normalized spacial score (nSPS) is 15.8. The van der Waals surface area contributed by atoms with E-state index < -0.39 is 0 Å². The van der Waals surface area contributed by atoms with Crippen LogP contribution >= 0.6 is 11.3 Å². The van der Waals surface area contributed by atoms with Crippen molar-refractivity contribution in [3.63, 3.8) is 0 Å². The maximum absolute atomic E-state index is 12.1. The van der Waals surface area contributed by atoms with Gasteiger partial charge in [0.2, 0.25) is 0 Å². The second-order valence-electron chi connectivity index (χ2n) is 5.76. The molecule has 2 N–H and O–H groups in total. The van der Waals surface area contributed by atoms with Crippen LogP contribution in [0.5, 0.6) is 0 Å². The van der Waals surface area contributed by atoms with Crippen molar-refractivity contribution in [2.24, 2.45) is 0 Å². The molecule has 1 aliphatic rings. The zero-order chi connectivity index (χ0) is 16.8. The van der Waals surface area contributed by atoms with Gasteiger partial charge in [-0.1, -0.05) is 13.0 Å². The number of urea groups is 1. The third-order valence-corrected chi connectivity index (χ3v) is 4.93. The first-order valence-corrected chi connectivity index (χ1v) is 8.97. The van der Waals surface area contributed by atoms with Crippen LogP contribution in [0, 0.1) is 0 Å². The average Bonchev–Trinajstić information content (AvgIpc) is 3.15. The topological polar surface area (TPSA) is 66.5 Å². The van der Waals surface area contributed by atoms with Gasteiger partial charge in [-0.2, -0.15) is 0 Å². The molecule has 0 unspecified atom stereocenters. The molecule has 3 rings (SSSR count). The van der Waals surface area contributed by atoms with Crippen molar-refractivity contribution < 1.29 is 9.53 Å². The number of thiazole rings is 1. The van der Waals surface area contributed by atoms with Crippen LogP contribution in [-0.2, 0) is 4.74 Å². The lowest BCUT2D eigenvalue weighted by atomic mass is 10.2. The van der Waals surface area contributed by atoms with E-state index in [-0.39, 0.29) is 11.9 Å². The first-order chi connectivity index (χ1) is 11.7. The molecule has 1 aromatic carbocycles. The highest BCUT2D eigenvalue weighted by Gasteiger charge is 2.13. The monoisotopic (exact) mass is 346 g/mol. The highest BCUT2D eigenvalue weighted by atomic mass is 32.1. The molecule has 1 fully saturated rings. The number of anilines is 2. The van der Waals surface area contributed by atoms with Crippen molar-refractivity contribution in [2.45, 2.75) is 12.8 Å². The van der Waals surface area contributed by atoms with Gasteiger partial charge in [-0.3, -0.25) is 0 Å². The summed E-state index contributed by atoms with van der Waals surface area (Å²) < 4.78 is 5.38. The molecule has 0 radical (unpaired) electrons. The SMILES string of the molecule is C[C@H](CNC(=O)Nc1cccc(N2CCOCC2)c1)c1nccs1. The van der Waals surface area contributed by atoms with E-state index >= 15 is 0 Å². The molecular formula is C17H22N4O2S. The number of hydrogen-bond acceptors (Lipinski definition) is 5. The minimum absolute atomic E-state index is 0.197. The second kappa shape index (κ2) is 8.12.